The Hall–Kier alpha value is -1.29. The highest BCUT2D eigenvalue weighted by atomic mass is 16.4. The highest BCUT2D eigenvalue weighted by molar-refractivity contribution is 5.78. The second-order valence-electron chi connectivity index (χ2n) is 6.58. The molecule has 0 aromatic carbocycles. The molecule has 3 atom stereocenters. The minimum atomic E-state index is -0.752. The molecule has 4 heteroatoms. The number of carboxylic acid groups (broad SMARTS) is 1. The average molecular weight is 277 g/mol. The molecule has 2 aliphatic rings. The summed E-state index contributed by atoms with van der Waals surface area (Å²) in [5, 5.41) is 9.51. The first-order valence-electron chi connectivity index (χ1n) is 7.58. The Balaban J connectivity index is 1.72. The van der Waals surface area contributed by atoms with Gasteiger partial charge in [-0.2, -0.15) is 0 Å². The molecule has 110 valence electrons. The van der Waals surface area contributed by atoms with Gasteiger partial charge in [0.15, 0.2) is 0 Å². The first-order valence-corrected chi connectivity index (χ1v) is 7.58. The van der Waals surface area contributed by atoms with Crippen LogP contribution >= 0.6 is 0 Å². The van der Waals surface area contributed by atoms with Gasteiger partial charge in [0, 0.05) is 5.92 Å². The van der Waals surface area contributed by atoms with Gasteiger partial charge in [-0.1, -0.05) is 6.92 Å². The molecule has 20 heavy (non-hydrogen) atoms. The minimum Gasteiger partial charge on any atom is -0.480 e. The van der Waals surface area contributed by atoms with Crippen LogP contribution in [0.3, 0.4) is 0 Å². The van der Waals surface area contributed by atoms with Crippen LogP contribution in [0.2, 0.25) is 0 Å². The Kier molecular flexibility index (Phi) is 3.36. The molecule has 1 saturated heterocycles. The van der Waals surface area contributed by atoms with Crippen LogP contribution in [0.4, 0.5) is 0 Å². The number of rotatable bonds is 4. The second-order valence-corrected chi connectivity index (χ2v) is 6.58. The van der Waals surface area contributed by atoms with E-state index in [1.54, 1.807) is 0 Å². The summed E-state index contributed by atoms with van der Waals surface area (Å²) in [6.45, 7) is 5.50. The van der Waals surface area contributed by atoms with Crippen LogP contribution in [0.15, 0.2) is 16.5 Å². The van der Waals surface area contributed by atoms with E-state index in [9.17, 15) is 9.90 Å². The first-order chi connectivity index (χ1) is 9.50. The molecular formula is C16H23NO3. The third-order valence-corrected chi connectivity index (χ3v) is 5.00. The van der Waals surface area contributed by atoms with Gasteiger partial charge in [-0.15, -0.1) is 0 Å². The van der Waals surface area contributed by atoms with Crippen LogP contribution in [-0.4, -0.2) is 28.1 Å². The van der Waals surface area contributed by atoms with Gasteiger partial charge in [0.2, 0.25) is 0 Å². The summed E-state index contributed by atoms with van der Waals surface area (Å²) in [5.41, 5.74) is -0.752. The zero-order valence-corrected chi connectivity index (χ0v) is 12.3. The number of piperidine rings is 1. The van der Waals surface area contributed by atoms with Gasteiger partial charge < -0.3 is 9.52 Å². The van der Waals surface area contributed by atoms with Gasteiger partial charge in [-0.05, 0) is 57.2 Å². The number of carboxylic acids is 1. The van der Waals surface area contributed by atoms with Crippen molar-refractivity contribution in [3.8, 4) is 0 Å². The van der Waals surface area contributed by atoms with E-state index in [1.807, 2.05) is 13.0 Å². The zero-order valence-electron chi connectivity index (χ0n) is 12.3. The molecule has 0 amide bonds. The van der Waals surface area contributed by atoms with E-state index < -0.39 is 11.5 Å². The number of furan rings is 1. The van der Waals surface area contributed by atoms with E-state index in [4.69, 9.17) is 4.42 Å². The summed E-state index contributed by atoms with van der Waals surface area (Å²) in [5.74, 6) is 2.55. The highest BCUT2D eigenvalue weighted by Gasteiger charge is 2.42. The molecule has 2 fully saturated rings. The molecule has 1 saturated carbocycles. The lowest BCUT2D eigenvalue weighted by atomic mass is 9.88. The van der Waals surface area contributed by atoms with Crippen molar-refractivity contribution in [1.82, 2.24) is 4.90 Å². The Labute approximate surface area is 119 Å². The summed E-state index contributed by atoms with van der Waals surface area (Å²) >= 11 is 0. The van der Waals surface area contributed by atoms with Crippen LogP contribution in [0.5, 0.6) is 0 Å². The summed E-state index contributed by atoms with van der Waals surface area (Å²) in [4.78, 5) is 13.6. The Morgan fingerprint density at radius 2 is 2.25 bits per heavy atom. The largest absolute Gasteiger partial charge is 0.480 e. The minimum absolute atomic E-state index is 0.580. The van der Waals surface area contributed by atoms with Gasteiger partial charge in [-0.3, -0.25) is 9.69 Å². The van der Waals surface area contributed by atoms with Gasteiger partial charge in [0.1, 0.15) is 17.1 Å². The normalized spacial score (nSPS) is 34.1. The number of nitrogens with zero attached hydrogens (tertiary/aromatic N) is 1. The molecule has 3 rings (SSSR count). The lowest BCUT2D eigenvalue weighted by Gasteiger charge is -2.41. The van der Waals surface area contributed by atoms with Gasteiger partial charge in [-0.25, -0.2) is 0 Å². The van der Waals surface area contributed by atoms with E-state index >= 15 is 0 Å². The molecule has 0 spiro atoms. The smallest absolute Gasteiger partial charge is 0.323 e. The van der Waals surface area contributed by atoms with Crippen LogP contribution in [0, 0.1) is 5.92 Å². The van der Waals surface area contributed by atoms with Crippen molar-refractivity contribution in [3.63, 3.8) is 0 Å². The fraction of sp³-hybridized carbons (Fsp3) is 0.688. The van der Waals surface area contributed by atoms with Gasteiger partial charge in [0.05, 0.1) is 6.54 Å². The first kappa shape index (κ1) is 13.7. The second kappa shape index (κ2) is 4.92. The molecule has 1 aromatic heterocycles. The molecule has 2 heterocycles. The number of hydrogen-bond acceptors (Lipinski definition) is 3. The molecule has 0 radical (unpaired) electrons. The van der Waals surface area contributed by atoms with Crippen molar-refractivity contribution in [2.24, 2.45) is 5.92 Å². The van der Waals surface area contributed by atoms with E-state index in [-0.39, 0.29) is 0 Å². The fourth-order valence-electron chi connectivity index (χ4n) is 3.26. The molecule has 1 N–H and O–H groups in total. The summed E-state index contributed by atoms with van der Waals surface area (Å²) in [6, 6.07) is 4.07. The SMILES string of the molecule is CC1CC1c1ccc(CN2CCCCC2(C)C(=O)O)o1. The van der Waals surface area contributed by atoms with Crippen LogP contribution in [0.25, 0.3) is 0 Å². The highest BCUT2D eigenvalue weighted by Crippen LogP contribution is 2.47. The molecule has 1 aliphatic heterocycles. The summed E-state index contributed by atoms with van der Waals surface area (Å²) < 4.78 is 5.92. The standard InChI is InChI=1S/C16H23NO3/c1-11-9-13(11)14-6-5-12(20-14)10-17-8-4-3-7-16(17,2)15(18)19/h5-6,11,13H,3-4,7-10H2,1-2H3,(H,18,19). The van der Waals surface area contributed by atoms with Crippen molar-refractivity contribution in [2.75, 3.05) is 6.54 Å². The van der Waals surface area contributed by atoms with E-state index in [0.717, 1.165) is 43.2 Å². The third-order valence-electron chi connectivity index (χ3n) is 5.00. The lowest BCUT2D eigenvalue weighted by Crippen LogP contribution is -2.54. The summed E-state index contributed by atoms with van der Waals surface area (Å²) in [7, 11) is 0. The maximum absolute atomic E-state index is 11.6. The van der Waals surface area contributed by atoms with Crippen LogP contribution in [0.1, 0.15) is 57.0 Å². The predicted molar refractivity (Wildman–Crippen MR) is 75.5 cm³/mol. The molecule has 1 aromatic rings. The monoisotopic (exact) mass is 277 g/mol. The molecular weight excluding hydrogens is 254 g/mol. The van der Waals surface area contributed by atoms with Crippen LogP contribution in [-0.2, 0) is 11.3 Å². The van der Waals surface area contributed by atoms with E-state index in [0.29, 0.717) is 12.5 Å². The van der Waals surface area contributed by atoms with Crippen molar-refractivity contribution in [1.29, 1.82) is 0 Å². The van der Waals surface area contributed by atoms with Gasteiger partial charge >= 0.3 is 5.97 Å². The van der Waals surface area contributed by atoms with Crippen molar-refractivity contribution in [2.45, 2.75) is 57.5 Å². The third kappa shape index (κ3) is 2.37. The Morgan fingerprint density at radius 1 is 1.50 bits per heavy atom. The van der Waals surface area contributed by atoms with Crippen molar-refractivity contribution < 1.29 is 14.3 Å². The lowest BCUT2D eigenvalue weighted by molar-refractivity contribution is -0.153. The maximum Gasteiger partial charge on any atom is 0.323 e. The quantitative estimate of drug-likeness (QED) is 0.918. The van der Waals surface area contributed by atoms with E-state index in [2.05, 4.69) is 17.9 Å². The fourth-order valence-corrected chi connectivity index (χ4v) is 3.26. The number of hydrogen-bond donors (Lipinski definition) is 1. The summed E-state index contributed by atoms with van der Waals surface area (Å²) in [6.07, 6.45) is 3.98. The molecule has 4 nitrogen and oxygen atoms in total. The molecule has 3 unspecified atom stereocenters. The van der Waals surface area contributed by atoms with E-state index in [1.165, 1.54) is 6.42 Å². The zero-order chi connectivity index (χ0) is 14.3. The van der Waals surface area contributed by atoms with Crippen LogP contribution < -0.4 is 0 Å². The number of likely N-dealkylation sites (tertiary alicyclic amines) is 1. The number of aliphatic carboxylic acids is 1. The van der Waals surface area contributed by atoms with Gasteiger partial charge in [0.25, 0.3) is 0 Å². The van der Waals surface area contributed by atoms with Crippen molar-refractivity contribution in [3.05, 3.63) is 23.7 Å². The average Bonchev–Trinajstić information content (AvgIpc) is 2.96. The maximum atomic E-state index is 11.6. The Bertz CT molecular complexity index is 510. The topological polar surface area (TPSA) is 53.7 Å². The number of carbonyl (C=O) groups is 1. The molecule has 0 bridgehead atoms. The molecule has 1 aliphatic carbocycles. The van der Waals surface area contributed by atoms with Crippen molar-refractivity contribution >= 4 is 5.97 Å². The predicted octanol–water partition coefficient (Wildman–Crippen LogP) is 3.23. The Morgan fingerprint density at radius 3 is 2.90 bits per heavy atom.